The molecule has 3 aromatic carbocycles. The van der Waals surface area contributed by atoms with Crippen LogP contribution in [-0.2, 0) is 4.79 Å². The third-order valence-electron chi connectivity index (χ3n) is 5.52. The number of benzene rings is 3. The highest BCUT2D eigenvalue weighted by atomic mass is 35.5. The van der Waals surface area contributed by atoms with E-state index < -0.39 is 0 Å². The molecule has 164 valence electrons. The molecule has 0 unspecified atom stereocenters. The zero-order valence-corrected chi connectivity index (χ0v) is 18.6. The number of likely N-dealkylation sites (tertiary alicyclic amines) is 1. The van der Waals surface area contributed by atoms with Crippen LogP contribution in [0, 0.1) is 12.8 Å². The van der Waals surface area contributed by atoms with E-state index >= 15 is 0 Å². The normalized spacial score (nSPS) is 15.8. The lowest BCUT2D eigenvalue weighted by atomic mass is 9.96. The number of amides is 2. The number of carbonyl (C=O) groups excluding carboxylic acids is 2. The lowest BCUT2D eigenvalue weighted by molar-refractivity contribution is -0.121. The number of nitrogens with one attached hydrogen (secondary N) is 1. The molecular weight excluding hydrogens is 424 g/mol. The van der Waals surface area contributed by atoms with Crippen molar-refractivity contribution < 1.29 is 14.3 Å². The first-order valence-corrected chi connectivity index (χ1v) is 11.1. The summed E-state index contributed by atoms with van der Waals surface area (Å²) in [6.45, 7) is 3.07. The molecule has 5 nitrogen and oxygen atoms in total. The number of carbonyl (C=O) groups is 2. The molecule has 1 fully saturated rings. The third-order valence-corrected chi connectivity index (χ3v) is 5.77. The molecule has 0 aromatic heterocycles. The van der Waals surface area contributed by atoms with Gasteiger partial charge in [0.2, 0.25) is 5.91 Å². The Bertz CT molecular complexity index is 1100. The van der Waals surface area contributed by atoms with Gasteiger partial charge in [-0.05, 0) is 86.0 Å². The van der Waals surface area contributed by atoms with Crippen molar-refractivity contribution in [3.05, 3.63) is 88.9 Å². The molecule has 1 atom stereocenters. The summed E-state index contributed by atoms with van der Waals surface area (Å²) >= 11 is 5.91. The minimum absolute atomic E-state index is 0.0724. The Labute approximate surface area is 193 Å². The number of ether oxygens (including phenoxy) is 1. The van der Waals surface area contributed by atoms with Gasteiger partial charge in [-0.3, -0.25) is 9.59 Å². The van der Waals surface area contributed by atoms with Gasteiger partial charge >= 0.3 is 0 Å². The molecule has 3 aromatic rings. The van der Waals surface area contributed by atoms with E-state index in [0.29, 0.717) is 35.1 Å². The van der Waals surface area contributed by atoms with E-state index in [9.17, 15) is 9.59 Å². The predicted octanol–water partition coefficient (Wildman–Crippen LogP) is 5.93. The zero-order chi connectivity index (χ0) is 22.5. The van der Waals surface area contributed by atoms with E-state index in [1.807, 2.05) is 55.5 Å². The average molecular weight is 449 g/mol. The topological polar surface area (TPSA) is 58.6 Å². The van der Waals surface area contributed by atoms with Crippen LogP contribution < -0.4 is 10.1 Å². The summed E-state index contributed by atoms with van der Waals surface area (Å²) in [4.78, 5) is 27.4. The Kier molecular flexibility index (Phi) is 6.76. The Balaban J connectivity index is 1.34. The molecule has 0 saturated carbocycles. The third kappa shape index (κ3) is 5.48. The van der Waals surface area contributed by atoms with Crippen molar-refractivity contribution in [2.24, 2.45) is 5.92 Å². The molecule has 0 radical (unpaired) electrons. The van der Waals surface area contributed by atoms with Crippen molar-refractivity contribution >= 4 is 29.1 Å². The summed E-state index contributed by atoms with van der Waals surface area (Å²) in [5, 5.41) is 3.56. The fourth-order valence-electron chi connectivity index (χ4n) is 3.82. The molecule has 32 heavy (non-hydrogen) atoms. The first-order chi connectivity index (χ1) is 15.5. The van der Waals surface area contributed by atoms with Gasteiger partial charge in [0.15, 0.2) is 0 Å². The van der Waals surface area contributed by atoms with E-state index in [2.05, 4.69) is 5.32 Å². The molecule has 1 aliphatic rings. The first kappa shape index (κ1) is 21.9. The van der Waals surface area contributed by atoms with Crippen LogP contribution in [0.3, 0.4) is 0 Å². The summed E-state index contributed by atoms with van der Waals surface area (Å²) in [6.07, 6.45) is 1.55. The van der Waals surface area contributed by atoms with Gasteiger partial charge in [0.1, 0.15) is 11.5 Å². The standard InChI is InChI=1S/C26H25ClN2O3/c1-18-4-2-6-24(16-18)32-23-13-11-22(12-14-23)28-25(30)20-5-3-15-29(17-20)26(31)19-7-9-21(27)10-8-19/h2,4,6-14,16,20H,3,5,15,17H2,1H3,(H,28,30)/t20-/m0/s1. The van der Waals surface area contributed by atoms with Crippen LogP contribution in [0.15, 0.2) is 72.8 Å². The van der Waals surface area contributed by atoms with Gasteiger partial charge in [-0.1, -0.05) is 23.7 Å². The smallest absolute Gasteiger partial charge is 0.253 e. The number of hydrogen-bond donors (Lipinski definition) is 1. The van der Waals surface area contributed by atoms with Gasteiger partial charge in [-0.2, -0.15) is 0 Å². The summed E-state index contributed by atoms with van der Waals surface area (Å²) in [7, 11) is 0. The Morgan fingerprint density at radius 3 is 2.47 bits per heavy atom. The SMILES string of the molecule is Cc1cccc(Oc2ccc(NC(=O)[C@H]3CCCN(C(=O)c4ccc(Cl)cc4)C3)cc2)c1. The van der Waals surface area contributed by atoms with Crippen LogP contribution in [0.4, 0.5) is 5.69 Å². The lowest BCUT2D eigenvalue weighted by Gasteiger charge is -2.32. The predicted molar refractivity (Wildman–Crippen MR) is 126 cm³/mol. The highest BCUT2D eigenvalue weighted by molar-refractivity contribution is 6.30. The van der Waals surface area contributed by atoms with Crippen molar-refractivity contribution in [1.29, 1.82) is 0 Å². The van der Waals surface area contributed by atoms with Crippen LogP contribution in [-0.4, -0.2) is 29.8 Å². The first-order valence-electron chi connectivity index (χ1n) is 10.7. The van der Waals surface area contributed by atoms with Gasteiger partial charge in [0, 0.05) is 29.4 Å². The van der Waals surface area contributed by atoms with Gasteiger partial charge in [-0.15, -0.1) is 0 Å². The quantitative estimate of drug-likeness (QED) is 0.526. The number of nitrogens with zero attached hydrogens (tertiary/aromatic N) is 1. The van der Waals surface area contributed by atoms with E-state index in [0.717, 1.165) is 24.2 Å². The Hall–Kier alpha value is -3.31. The van der Waals surface area contributed by atoms with Crippen LogP contribution >= 0.6 is 11.6 Å². The van der Waals surface area contributed by atoms with E-state index in [4.69, 9.17) is 16.3 Å². The number of anilines is 1. The van der Waals surface area contributed by atoms with Gasteiger partial charge < -0.3 is 15.0 Å². The summed E-state index contributed by atoms with van der Waals surface area (Å²) < 4.78 is 5.86. The highest BCUT2D eigenvalue weighted by Crippen LogP contribution is 2.25. The molecule has 0 aliphatic carbocycles. The zero-order valence-electron chi connectivity index (χ0n) is 17.9. The second-order valence-corrected chi connectivity index (χ2v) is 8.47. The molecule has 0 spiro atoms. The van der Waals surface area contributed by atoms with Crippen molar-refractivity contribution in [1.82, 2.24) is 4.90 Å². The highest BCUT2D eigenvalue weighted by Gasteiger charge is 2.29. The van der Waals surface area contributed by atoms with Crippen LogP contribution in [0.5, 0.6) is 11.5 Å². The van der Waals surface area contributed by atoms with Gasteiger partial charge in [0.25, 0.3) is 5.91 Å². The average Bonchev–Trinajstić information content (AvgIpc) is 2.80. The Morgan fingerprint density at radius 1 is 1.00 bits per heavy atom. The minimum Gasteiger partial charge on any atom is -0.457 e. The van der Waals surface area contributed by atoms with E-state index in [1.165, 1.54) is 0 Å². The molecule has 2 amide bonds. The van der Waals surface area contributed by atoms with Crippen molar-refractivity contribution in [3.63, 3.8) is 0 Å². The van der Waals surface area contributed by atoms with Crippen LogP contribution in [0.1, 0.15) is 28.8 Å². The summed E-state index contributed by atoms with van der Waals surface area (Å²) in [5.41, 5.74) is 2.41. The second-order valence-electron chi connectivity index (χ2n) is 8.03. The monoisotopic (exact) mass is 448 g/mol. The molecule has 1 N–H and O–H groups in total. The maximum absolute atomic E-state index is 12.8. The molecular formula is C26H25ClN2O3. The molecule has 1 saturated heterocycles. The number of hydrogen-bond acceptors (Lipinski definition) is 3. The summed E-state index contributed by atoms with van der Waals surface area (Å²) in [5.74, 6) is 1.08. The largest absolute Gasteiger partial charge is 0.457 e. The maximum Gasteiger partial charge on any atom is 0.253 e. The number of piperidine rings is 1. The van der Waals surface area contributed by atoms with Crippen molar-refractivity contribution in [2.45, 2.75) is 19.8 Å². The van der Waals surface area contributed by atoms with E-state index in [-0.39, 0.29) is 17.7 Å². The molecule has 6 heteroatoms. The minimum atomic E-state index is -0.247. The number of halogens is 1. The van der Waals surface area contributed by atoms with Gasteiger partial charge in [-0.25, -0.2) is 0 Å². The Morgan fingerprint density at radius 2 is 1.75 bits per heavy atom. The van der Waals surface area contributed by atoms with E-state index in [1.54, 1.807) is 29.2 Å². The maximum atomic E-state index is 12.8. The number of rotatable bonds is 5. The van der Waals surface area contributed by atoms with Crippen LogP contribution in [0.25, 0.3) is 0 Å². The fraction of sp³-hybridized carbons (Fsp3) is 0.231. The molecule has 0 bridgehead atoms. The second kappa shape index (κ2) is 9.88. The lowest BCUT2D eigenvalue weighted by Crippen LogP contribution is -2.43. The molecule has 4 rings (SSSR count). The van der Waals surface area contributed by atoms with Gasteiger partial charge in [0.05, 0.1) is 5.92 Å². The van der Waals surface area contributed by atoms with Crippen molar-refractivity contribution in [3.8, 4) is 11.5 Å². The van der Waals surface area contributed by atoms with Crippen molar-refractivity contribution in [2.75, 3.05) is 18.4 Å². The molecule has 1 heterocycles. The van der Waals surface area contributed by atoms with Crippen LogP contribution in [0.2, 0.25) is 5.02 Å². The molecule has 1 aliphatic heterocycles. The summed E-state index contributed by atoms with van der Waals surface area (Å²) in [6, 6.07) is 22.0. The fourth-order valence-corrected chi connectivity index (χ4v) is 3.94. The number of aryl methyl sites for hydroxylation is 1.